The number of hydrogen-bond acceptors (Lipinski definition) is 4. The SMILES string of the molecule is CCNc1nc(NC(C)c2ccncc2)c(Cl)cc1Cl. The van der Waals surface area contributed by atoms with E-state index in [-0.39, 0.29) is 6.04 Å². The molecule has 2 heterocycles. The smallest absolute Gasteiger partial charge is 0.147 e. The molecular weight excluding hydrogens is 295 g/mol. The van der Waals surface area contributed by atoms with Crippen molar-refractivity contribution in [3.05, 3.63) is 46.2 Å². The van der Waals surface area contributed by atoms with Gasteiger partial charge in [-0.1, -0.05) is 23.2 Å². The lowest BCUT2D eigenvalue weighted by molar-refractivity contribution is 0.871. The number of anilines is 2. The lowest BCUT2D eigenvalue weighted by atomic mass is 10.1. The molecule has 2 aromatic heterocycles. The third-order valence-corrected chi connectivity index (χ3v) is 3.41. The molecule has 0 fully saturated rings. The predicted octanol–water partition coefficient (Wildman–Crippen LogP) is 4.39. The summed E-state index contributed by atoms with van der Waals surface area (Å²) >= 11 is 12.3. The highest BCUT2D eigenvalue weighted by molar-refractivity contribution is 6.37. The summed E-state index contributed by atoms with van der Waals surface area (Å²) in [5.74, 6) is 1.24. The summed E-state index contributed by atoms with van der Waals surface area (Å²) in [6, 6.07) is 5.66. The zero-order valence-corrected chi connectivity index (χ0v) is 12.8. The minimum absolute atomic E-state index is 0.0682. The van der Waals surface area contributed by atoms with Gasteiger partial charge < -0.3 is 10.6 Å². The zero-order chi connectivity index (χ0) is 14.5. The van der Waals surface area contributed by atoms with Crippen LogP contribution in [0, 0.1) is 0 Å². The Balaban J connectivity index is 2.22. The summed E-state index contributed by atoms with van der Waals surface area (Å²) < 4.78 is 0. The van der Waals surface area contributed by atoms with Crippen LogP contribution in [0.15, 0.2) is 30.6 Å². The molecule has 0 amide bonds. The van der Waals surface area contributed by atoms with Gasteiger partial charge in [0.15, 0.2) is 0 Å². The topological polar surface area (TPSA) is 49.8 Å². The quantitative estimate of drug-likeness (QED) is 0.860. The van der Waals surface area contributed by atoms with Crippen molar-refractivity contribution in [2.75, 3.05) is 17.2 Å². The van der Waals surface area contributed by atoms with Crippen molar-refractivity contribution in [2.24, 2.45) is 0 Å². The van der Waals surface area contributed by atoms with Crippen LogP contribution in [0.25, 0.3) is 0 Å². The van der Waals surface area contributed by atoms with E-state index in [0.29, 0.717) is 21.7 Å². The molecule has 6 heteroatoms. The number of nitrogens with one attached hydrogen (secondary N) is 2. The first-order valence-electron chi connectivity index (χ1n) is 6.38. The maximum absolute atomic E-state index is 6.18. The first-order valence-corrected chi connectivity index (χ1v) is 7.13. The second kappa shape index (κ2) is 6.77. The molecule has 0 aliphatic heterocycles. The highest BCUT2D eigenvalue weighted by atomic mass is 35.5. The van der Waals surface area contributed by atoms with Crippen molar-refractivity contribution in [2.45, 2.75) is 19.9 Å². The molecule has 0 aliphatic carbocycles. The van der Waals surface area contributed by atoms with Crippen molar-refractivity contribution in [3.63, 3.8) is 0 Å². The molecule has 1 unspecified atom stereocenters. The van der Waals surface area contributed by atoms with Crippen LogP contribution < -0.4 is 10.6 Å². The summed E-state index contributed by atoms with van der Waals surface area (Å²) in [5, 5.41) is 7.40. The average molecular weight is 311 g/mol. The van der Waals surface area contributed by atoms with E-state index in [1.54, 1.807) is 18.5 Å². The Morgan fingerprint density at radius 3 is 2.45 bits per heavy atom. The van der Waals surface area contributed by atoms with Gasteiger partial charge in [0.2, 0.25) is 0 Å². The molecule has 0 radical (unpaired) electrons. The van der Waals surface area contributed by atoms with Gasteiger partial charge >= 0.3 is 0 Å². The molecule has 0 aromatic carbocycles. The molecule has 0 bridgehead atoms. The van der Waals surface area contributed by atoms with Crippen molar-refractivity contribution >= 4 is 34.8 Å². The molecule has 0 saturated carbocycles. The van der Waals surface area contributed by atoms with E-state index in [9.17, 15) is 0 Å². The van der Waals surface area contributed by atoms with Gasteiger partial charge in [-0.2, -0.15) is 0 Å². The van der Waals surface area contributed by atoms with Crippen LogP contribution in [0.5, 0.6) is 0 Å². The maximum atomic E-state index is 6.18. The lowest BCUT2D eigenvalue weighted by Crippen LogP contribution is -2.10. The standard InChI is InChI=1S/C14H16Cl2N4/c1-3-18-13-11(15)8-12(16)14(20-13)19-9(2)10-4-6-17-7-5-10/h4-9H,3H2,1-2H3,(H2,18,19,20). The Morgan fingerprint density at radius 2 is 1.80 bits per heavy atom. The van der Waals surface area contributed by atoms with E-state index in [1.807, 2.05) is 26.0 Å². The van der Waals surface area contributed by atoms with Crippen molar-refractivity contribution in [1.82, 2.24) is 9.97 Å². The van der Waals surface area contributed by atoms with Gasteiger partial charge in [0.25, 0.3) is 0 Å². The molecule has 20 heavy (non-hydrogen) atoms. The van der Waals surface area contributed by atoms with Crippen LogP contribution in [-0.2, 0) is 0 Å². The Labute approximate surface area is 128 Å². The molecule has 2 rings (SSSR count). The van der Waals surface area contributed by atoms with Gasteiger partial charge in [-0.05, 0) is 37.6 Å². The monoisotopic (exact) mass is 310 g/mol. The maximum Gasteiger partial charge on any atom is 0.147 e. The fraction of sp³-hybridized carbons (Fsp3) is 0.286. The summed E-state index contributed by atoms with van der Waals surface area (Å²) in [6.07, 6.45) is 3.52. The number of nitrogens with zero attached hydrogens (tertiary/aromatic N) is 2. The van der Waals surface area contributed by atoms with Crippen LogP contribution in [0.4, 0.5) is 11.6 Å². The highest BCUT2D eigenvalue weighted by Gasteiger charge is 2.12. The Morgan fingerprint density at radius 1 is 1.15 bits per heavy atom. The Hall–Kier alpha value is -1.52. The minimum Gasteiger partial charge on any atom is -0.369 e. The number of aromatic nitrogens is 2. The van der Waals surface area contributed by atoms with Gasteiger partial charge in [-0.3, -0.25) is 4.98 Å². The highest BCUT2D eigenvalue weighted by Crippen LogP contribution is 2.31. The fourth-order valence-electron chi connectivity index (χ4n) is 1.80. The number of rotatable bonds is 5. The number of hydrogen-bond donors (Lipinski definition) is 2. The summed E-state index contributed by atoms with van der Waals surface area (Å²) in [7, 11) is 0. The normalized spacial score (nSPS) is 12.0. The second-order valence-electron chi connectivity index (χ2n) is 4.33. The third kappa shape index (κ3) is 3.52. The first kappa shape index (κ1) is 14.9. The molecule has 4 nitrogen and oxygen atoms in total. The average Bonchev–Trinajstić information content (AvgIpc) is 2.45. The summed E-state index contributed by atoms with van der Waals surface area (Å²) in [4.78, 5) is 8.43. The lowest BCUT2D eigenvalue weighted by Gasteiger charge is -2.17. The molecule has 2 N–H and O–H groups in total. The van der Waals surface area contributed by atoms with Crippen LogP contribution in [0.3, 0.4) is 0 Å². The van der Waals surface area contributed by atoms with E-state index < -0.39 is 0 Å². The predicted molar refractivity (Wildman–Crippen MR) is 84.7 cm³/mol. The van der Waals surface area contributed by atoms with Crippen LogP contribution in [0.2, 0.25) is 10.0 Å². The first-order chi connectivity index (χ1) is 9.61. The van der Waals surface area contributed by atoms with Crippen molar-refractivity contribution in [3.8, 4) is 0 Å². The van der Waals surface area contributed by atoms with E-state index >= 15 is 0 Å². The third-order valence-electron chi connectivity index (χ3n) is 2.83. The van der Waals surface area contributed by atoms with Crippen LogP contribution in [0.1, 0.15) is 25.5 Å². The van der Waals surface area contributed by atoms with Gasteiger partial charge in [0, 0.05) is 18.9 Å². The molecule has 2 aromatic rings. The molecule has 1 atom stereocenters. The van der Waals surface area contributed by atoms with E-state index in [0.717, 1.165) is 12.1 Å². The Kier molecular flexibility index (Phi) is 5.04. The van der Waals surface area contributed by atoms with Gasteiger partial charge in [0.1, 0.15) is 11.6 Å². The molecule has 0 saturated heterocycles. The minimum atomic E-state index is 0.0682. The largest absolute Gasteiger partial charge is 0.369 e. The summed E-state index contributed by atoms with van der Waals surface area (Å²) in [5.41, 5.74) is 1.11. The van der Waals surface area contributed by atoms with Gasteiger partial charge in [-0.15, -0.1) is 0 Å². The molecule has 0 aliphatic rings. The molecular formula is C14H16Cl2N4. The van der Waals surface area contributed by atoms with E-state index in [1.165, 1.54) is 0 Å². The summed E-state index contributed by atoms with van der Waals surface area (Å²) in [6.45, 7) is 4.77. The van der Waals surface area contributed by atoms with E-state index in [2.05, 4.69) is 20.6 Å². The van der Waals surface area contributed by atoms with Crippen molar-refractivity contribution < 1.29 is 0 Å². The number of pyridine rings is 2. The van der Waals surface area contributed by atoms with Crippen LogP contribution >= 0.6 is 23.2 Å². The van der Waals surface area contributed by atoms with Gasteiger partial charge in [-0.25, -0.2) is 4.98 Å². The number of halogens is 2. The van der Waals surface area contributed by atoms with Crippen molar-refractivity contribution in [1.29, 1.82) is 0 Å². The zero-order valence-electron chi connectivity index (χ0n) is 11.3. The van der Waals surface area contributed by atoms with Crippen LogP contribution in [-0.4, -0.2) is 16.5 Å². The molecule has 106 valence electrons. The fourth-order valence-corrected chi connectivity index (χ4v) is 2.28. The van der Waals surface area contributed by atoms with E-state index in [4.69, 9.17) is 23.2 Å². The molecule has 0 spiro atoms. The Bertz CT molecular complexity index is 575. The van der Waals surface area contributed by atoms with Gasteiger partial charge in [0.05, 0.1) is 16.1 Å². The second-order valence-corrected chi connectivity index (χ2v) is 5.14.